The smallest absolute Gasteiger partial charge is 0.205 e. The molecule has 0 amide bonds. The third-order valence-electron chi connectivity index (χ3n) is 3.71. The van der Waals surface area contributed by atoms with Crippen molar-refractivity contribution in [3.05, 3.63) is 18.2 Å². The van der Waals surface area contributed by atoms with Crippen molar-refractivity contribution in [2.75, 3.05) is 36.0 Å². The van der Waals surface area contributed by atoms with Gasteiger partial charge in [-0.05, 0) is 0 Å². The maximum Gasteiger partial charge on any atom is 0.205 e. The molecule has 2 aromatic heterocycles. The fourth-order valence-corrected chi connectivity index (χ4v) is 3.32. The highest BCUT2D eigenvalue weighted by Gasteiger charge is 2.25. The van der Waals surface area contributed by atoms with E-state index in [1.54, 1.807) is 0 Å². The van der Waals surface area contributed by atoms with Crippen LogP contribution in [0.5, 0.6) is 0 Å². The summed E-state index contributed by atoms with van der Waals surface area (Å²) < 4.78 is 6.57. The summed E-state index contributed by atoms with van der Waals surface area (Å²) in [6.45, 7) is 10.3. The summed E-state index contributed by atoms with van der Waals surface area (Å²) in [5.74, 6) is 1.98. The average Bonchev–Trinajstić information content (AvgIpc) is 3.07. The highest BCUT2D eigenvalue weighted by Crippen LogP contribution is 2.26. The first kappa shape index (κ1) is 14.3. The number of piperazine rings is 1. The highest BCUT2D eigenvalue weighted by atomic mass is 32.1. The number of hydrogen-bond acceptors (Lipinski definition) is 6. The van der Waals surface area contributed by atoms with Crippen LogP contribution in [0.25, 0.3) is 0 Å². The molecule has 21 heavy (non-hydrogen) atoms. The van der Waals surface area contributed by atoms with Crippen molar-refractivity contribution in [1.82, 2.24) is 18.9 Å². The second-order valence-corrected chi connectivity index (χ2v) is 7.19. The molecule has 0 atom stereocenters. The van der Waals surface area contributed by atoms with Crippen LogP contribution in [0.4, 0.5) is 11.1 Å². The molecular weight excluding hydrogens is 284 g/mol. The van der Waals surface area contributed by atoms with Crippen LogP contribution < -0.4 is 9.80 Å². The van der Waals surface area contributed by atoms with Crippen LogP contribution in [-0.4, -0.2) is 45.1 Å². The second-order valence-electron chi connectivity index (χ2n) is 6.46. The predicted octanol–water partition coefficient (Wildman–Crippen LogP) is 1.90. The van der Waals surface area contributed by atoms with Crippen LogP contribution in [0.1, 0.15) is 26.6 Å². The van der Waals surface area contributed by atoms with Gasteiger partial charge in [0.25, 0.3) is 0 Å². The molecule has 0 bridgehead atoms. The van der Waals surface area contributed by atoms with Crippen LogP contribution in [0, 0.1) is 0 Å². The molecule has 114 valence electrons. The lowest BCUT2D eigenvalue weighted by atomic mass is 9.96. The van der Waals surface area contributed by atoms with Gasteiger partial charge < -0.3 is 14.4 Å². The summed E-state index contributed by atoms with van der Waals surface area (Å²) in [5, 5.41) is 1.04. The zero-order chi connectivity index (χ0) is 15.0. The fraction of sp³-hybridized carbons (Fsp3) is 0.643. The molecule has 0 radical (unpaired) electrons. The Kier molecular flexibility index (Phi) is 3.61. The van der Waals surface area contributed by atoms with E-state index in [4.69, 9.17) is 4.98 Å². The number of aryl methyl sites for hydroxylation is 1. The third kappa shape index (κ3) is 2.88. The van der Waals surface area contributed by atoms with E-state index < -0.39 is 0 Å². The maximum atomic E-state index is 4.70. The summed E-state index contributed by atoms with van der Waals surface area (Å²) in [6, 6.07) is 0. The molecule has 1 aliphatic heterocycles. The van der Waals surface area contributed by atoms with Crippen molar-refractivity contribution in [2.45, 2.75) is 26.2 Å². The predicted molar refractivity (Wildman–Crippen MR) is 86.2 cm³/mol. The van der Waals surface area contributed by atoms with Gasteiger partial charge in [0.2, 0.25) is 11.1 Å². The molecule has 3 rings (SSSR count). The summed E-state index contributed by atoms with van der Waals surface area (Å²) in [4.78, 5) is 13.8. The van der Waals surface area contributed by atoms with Gasteiger partial charge in [-0.1, -0.05) is 20.8 Å². The minimum Gasteiger partial charge on any atom is -0.343 e. The number of hydrogen-bond donors (Lipinski definition) is 0. The molecule has 2 aromatic rings. The van der Waals surface area contributed by atoms with Crippen molar-refractivity contribution in [1.29, 1.82) is 0 Å². The summed E-state index contributed by atoms with van der Waals surface area (Å²) in [5.41, 5.74) is 0.0174. The third-order valence-corrected chi connectivity index (χ3v) is 4.49. The Balaban J connectivity index is 1.66. The number of nitrogens with zero attached hydrogens (tertiary/aromatic N) is 6. The van der Waals surface area contributed by atoms with Gasteiger partial charge in [-0.3, -0.25) is 0 Å². The first-order valence-electron chi connectivity index (χ1n) is 7.26. The van der Waals surface area contributed by atoms with Gasteiger partial charge >= 0.3 is 0 Å². The molecule has 7 heteroatoms. The quantitative estimate of drug-likeness (QED) is 0.848. The van der Waals surface area contributed by atoms with E-state index in [-0.39, 0.29) is 5.41 Å². The van der Waals surface area contributed by atoms with Crippen molar-refractivity contribution < 1.29 is 0 Å². The number of anilines is 2. The van der Waals surface area contributed by atoms with Gasteiger partial charge in [0.1, 0.15) is 5.82 Å². The lowest BCUT2D eigenvalue weighted by molar-refractivity contribution is 0.552. The Labute approximate surface area is 129 Å². The van der Waals surface area contributed by atoms with E-state index >= 15 is 0 Å². The van der Waals surface area contributed by atoms with E-state index in [0.717, 1.165) is 43.1 Å². The highest BCUT2D eigenvalue weighted by molar-refractivity contribution is 7.09. The van der Waals surface area contributed by atoms with E-state index in [1.165, 1.54) is 11.5 Å². The molecule has 0 spiro atoms. The van der Waals surface area contributed by atoms with Gasteiger partial charge in [0, 0.05) is 62.6 Å². The molecule has 1 aliphatic rings. The molecule has 0 N–H and O–H groups in total. The molecule has 0 aromatic carbocycles. The Bertz CT molecular complexity index is 603. The van der Waals surface area contributed by atoms with Crippen molar-refractivity contribution in [3.63, 3.8) is 0 Å². The molecule has 6 nitrogen and oxygen atoms in total. The lowest BCUT2D eigenvalue weighted by Crippen LogP contribution is -2.47. The molecule has 0 saturated carbocycles. The molecule has 1 fully saturated rings. The lowest BCUT2D eigenvalue weighted by Gasteiger charge is -2.34. The standard InChI is InChI=1S/C14H22N6S/c1-14(2,3)11-16-13(21-17-11)20-9-7-19(8-10-20)12-15-5-6-18(12)4/h5-6H,7-10H2,1-4H3. The molecule has 0 aliphatic carbocycles. The largest absolute Gasteiger partial charge is 0.343 e. The van der Waals surface area contributed by atoms with Gasteiger partial charge in [-0.15, -0.1) is 0 Å². The van der Waals surface area contributed by atoms with Crippen LogP contribution in [0.2, 0.25) is 0 Å². The summed E-state index contributed by atoms with van der Waals surface area (Å²) in [7, 11) is 2.04. The number of imidazole rings is 1. The maximum absolute atomic E-state index is 4.70. The molecule has 3 heterocycles. The monoisotopic (exact) mass is 306 g/mol. The van der Waals surface area contributed by atoms with E-state index in [0.29, 0.717) is 0 Å². The van der Waals surface area contributed by atoms with Crippen LogP contribution >= 0.6 is 11.5 Å². The van der Waals surface area contributed by atoms with Gasteiger partial charge in [-0.2, -0.15) is 4.37 Å². The van der Waals surface area contributed by atoms with Crippen LogP contribution in [0.3, 0.4) is 0 Å². The normalized spacial score (nSPS) is 16.6. The second kappa shape index (κ2) is 5.29. The summed E-state index contributed by atoms with van der Waals surface area (Å²) >= 11 is 1.51. The topological polar surface area (TPSA) is 50.1 Å². The van der Waals surface area contributed by atoms with Gasteiger partial charge in [0.05, 0.1) is 0 Å². The zero-order valence-electron chi connectivity index (χ0n) is 13.1. The van der Waals surface area contributed by atoms with Gasteiger partial charge in [0.15, 0.2) is 0 Å². The van der Waals surface area contributed by atoms with E-state index in [9.17, 15) is 0 Å². The summed E-state index contributed by atoms with van der Waals surface area (Å²) in [6.07, 6.45) is 3.84. The Morgan fingerprint density at radius 2 is 1.76 bits per heavy atom. The Morgan fingerprint density at radius 3 is 2.29 bits per heavy atom. The minimum atomic E-state index is 0.0174. The minimum absolute atomic E-state index is 0.0174. The van der Waals surface area contributed by atoms with Crippen molar-refractivity contribution in [2.24, 2.45) is 7.05 Å². The molecule has 0 unspecified atom stereocenters. The molecule has 1 saturated heterocycles. The van der Waals surface area contributed by atoms with E-state index in [1.807, 2.05) is 19.4 Å². The zero-order valence-corrected chi connectivity index (χ0v) is 13.9. The first-order valence-corrected chi connectivity index (χ1v) is 8.04. The Morgan fingerprint density at radius 1 is 1.10 bits per heavy atom. The first-order chi connectivity index (χ1) is 9.95. The SMILES string of the molecule is Cn1ccnc1N1CCN(c2nc(C(C)(C)C)ns2)CC1. The fourth-order valence-electron chi connectivity index (χ4n) is 2.41. The Hall–Kier alpha value is -1.63. The van der Waals surface area contributed by atoms with Crippen molar-refractivity contribution in [3.8, 4) is 0 Å². The molecular formula is C14H22N6S. The number of rotatable bonds is 2. The van der Waals surface area contributed by atoms with Gasteiger partial charge in [-0.25, -0.2) is 9.97 Å². The number of aromatic nitrogens is 4. The van der Waals surface area contributed by atoms with Crippen LogP contribution in [0.15, 0.2) is 12.4 Å². The van der Waals surface area contributed by atoms with Crippen molar-refractivity contribution >= 4 is 22.6 Å². The van der Waals surface area contributed by atoms with Crippen LogP contribution in [-0.2, 0) is 12.5 Å². The average molecular weight is 306 g/mol. The van der Waals surface area contributed by atoms with E-state index in [2.05, 4.69) is 44.5 Å².